The molecule has 1 aliphatic heterocycles. The fraction of sp³-hybridized carbons (Fsp3) is 0.300. The predicted molar refractivity (Wildman–Crippen MR) is 113 cm³/mol. The fourth-order valence-corrected chi connectivity index (χ4v) is 5.80. The standard InChI is InChI=1S/C20H18ClF4N5O2S/c1-13-10-28(18-4-2-14(22)8-16(18)20(23,24)25)6-7-30(13)33(31,32)15-3-5-19(17(21)9-15)29-12-26-11-27-29/h2-5,8-9,11-13H,6-7,10H2,1H3/t13-/m1/s1. The molecule has 0 amide bonds. The van der Waals surface area contributed by atoms with Crippen LogP contribution in [0.3, 0.4) is 0 Å². The third kappa shape index (κ3) is 4.55. The number of halogens is 5. The number of rotatable bonds is 4. The lowest BCUT2D eigenvalue weighted by Gasteiger charge is -2.40. The van der Waals surface area contributed by atoms with Crippen LogP contribution in [0.2, 0.25) is 5.02 Å². The number of alkyl halides is 3. The molecular formula is C20H18ClF4N5O2S. The molecule has 0 N–H and O–H groups in total. The van der Waals surface area contributed by atoms with E-state index >= 15 is 0 Å². The summed E-state index contributed by atoms with van der Waals surface area (Å²) in [5, 5.41) is 4.11. The van der Waals surface area contributed by atoms with Gasteiger partial charge in [-0.15, -0.1) is 0 Å². The van der Waals surface area contributed by atoms with Crippen LogP contribution in [0, 0.1) is 5.82 Å². The van der Waals surface area contributed by atoms with E-state index in [4.69, 9.17) is 11.6 Å². The van der Waals surface area contributed by atoms with Gasteiger partial charge in [0.2, 0.25) is 10.0 Å². The minimum absolute atomic E-state index is 0.00128. The highest BCUT2D eigenvalue weighted by Gasteiger charge is 2.39. The summed E-state index contributed by atoms with van der Waals surface area (Å²) < 4.78 is 82.8. The summed E-state index contributed by atoms with van der Waals surface area (Å²) in [6, 6.07) is 6.01. The fourth-order valence-electron chi connectivity index (χ4n) is 3.83. The zero-order valence-corrected chi connectivity index (χ0v) is 18.7. The Morgan fingerprint density at radius 1 is 1.09 bits per heavy atom. The summed E-state index contributed by atoms with van der Waals surface area (Å²) in [6.07, 6.45) is -2.01. The summed E-state index contributed by atoms with van der Waals surface area (Å²) in [5.41, 5.74) is -0.837. The van der Waals surface area contributed by atoms with Gasteiger partial charge >= 0.3 is 6.18 Å². The van der Waals surface area contributed by atoms with Gasteiger partial charge in [-0.25, -0.2) is 22.5 Å². The van der Waals surface area contributed by atoms with Crippen molar-refractivity contribution >= 4 is 27.3 Å². The summed E-state index contributed by atoms with van der Waals surface area (Å²) >= 11 is 6.26. The first-order valence-corrected chi connectivity index (χ1v) is 11.6. The molecule has 2 aromatic carbocycles. The maximum atomic E-state index is 13.5. The molecule has 1 aromatic heterocycles. The number of piperazine rings is 1. The van der Waals surface area contributed by atoms with Crippen molar-refractivity contribution in [1.82, 2.24) is 19.1 Å². The quantitative estimate of drug-likeness (QED) is 0.504. The maximum absolute atomic E-state index is 13.5. The minimum Gasteiger partial charge on any atom is -0.368 e. The van der Waals surface area contributed by atoms with Crippen molar-refractivity contribution in [1.29, 1.82) is 0 Å². The van der Waals surface area contributed by atoms with Gasteiger partial charge in [0.15, 0.2) is 0 Å². The maximum Gasteiger partial charge on any atom is 0.418 e. The van der Waals surface area contributed by atoms with Gasteiger partial charge in [0.05, 0.1) is 21.2 Å². The highest BCUT2D eigenvalue weighted by molar-refractivity contribution is 7.89. The van der Waals surface area contributed by atoms with Gasteiger partial charge in [0, 0.05) is 31.4 Å². The van der Waals surface area contributed by atoms with Crippen molar-refractivity contribution in [2.24, 2.45) is 0 Å². The molecule has 176 valence electrons. The molecule has 1 fully saturated rings. The summed E-state index contributed by atoms with van der Waals surface area (Å²) in [7, 11) is -3.98. The number of nitrogens with zero attached hydrogens (tertiary/aromatic N) is 5. The first kappa shape index (κ1) is 23.5. The molecule has 1 saturated heterocycles. The lowest BCUT2D eigenvalue weighted by molar-refractivity contribution is -0.137. The van der Waals surface area contributed by atoms with E-state index < -0.39 is 33.6 Å². The average molecular weight is 504 g/mol. The average Bonchev–Trinajstić information content (AvgIpc) is 3.27. The van der Waals surface area contributed by atoms with Crippen LogP contribution in [0.1, 0.15) is 12.5 Å². The molecule has 13 heteroatoms. The number of aromatic nitrogens is 3. The van der Waals surface area contributed by atoms with E-state index in [1.807, 2.05) is 0 Å². The number of hydrogen-bond donors (Lipinski definition) is 0. The van der Waals surface area contributed by atoms with Crippen LogP contribution in [0.25, 0.3) is 5.69 Å². The van der Waals surface area contributed by atoms with Crippen LogP contribution in [-0.4, -0.2) is 53.2 Å². The molecule has 0 spiro atoms. The second-order valence-electron chi connectivity index (χ2n) is 7.52. The van der Waals surface area contributed by atoms with E-state index in [1.165, 1.54) is 44.7 Å². The Kier molecular flexibility index (Phi) is 6.10. The Labute approximate surface area is 192 Å². The Morgan fingerprint density at radius 2 is 1.82 bits per heavy atom. The molecule has 1 atom stereocenters. The lowest BCUT2D eigenvalue weighted by Crippen LogP contribution is -2.54. The van der Waals surface area contributed by atoms with Crippen molar-refractivity contribution in [3.8, 4) is 5.69 Å². The largest absolute Gasteiger partial charge is 0.418 e. The molecule has 7 nitrogen and oxygen atoms in total. The van der Waals surface area contributed by atoms with E-state index in [-0.39, 0.29) is 35.2 Å². The number of hydrogen-bond acceptors (Lipinski definition) is 5. The number of sulfonamides is 1. The Bertz CT molecular complexity index is 1270. The van der Waals surface area contributed by atoms with Crippen molar-refractivity contribution < 1.29 is 26.0 Å². The number of anilines is 1. The zero-order chi connectivity index (χ0) is 24.0. The van der Waals surface area contributed by atoms with Gasteiger partial charge in [0.25, 0.3) is 0 Å². The summed E-state index contributed by atoms with van der Waals surface area (Å²) in [5.74, 6) is -0.994. The predicted octanol–water partition coefficient (Wildman–Crippen LogP) is 3.98. The van der Waals surface area contributed by atoms with Gasteiger partial charge in [-0.2, -0.15) is 22.6 Å². The Balaban J connectivity index is 1.58. The minimum atomic E-state index is -4.74. The van der Waals surface area contributed by atoms with Crippen molar-refractivity contribution in [2.45, 2.75) is 24.0 Å². The monoisotopic (exact) mass is 503 g/mol. The molecule has 1 aliphatic rings. The third-order valence-corrected chi connectivity index (χ3v) is 7.67. The Hall–Kier alpha value is -2.70. The van der Waals surface area contributed by atoms with E-state index in [0.717, 1.165) is 12.1 Å². The SMILES string of the molecule is C[C@@H]1CN(c2ccc(F)cc2C(F)(F)F)CCN1S(=O)(=O)c1ccc(-n2cncn2)c(Cl)c1. The topological polar surface area (TPSA) is 71.3 Å². The van der Waals surface area contributed by atoms with Crippen molar-refractivity contribution in [2.75, 3.05) is 24.5 Å². The molecule has 0 aliphatic carbocycles. The molecule has 33 heavy (non-hydrogen) atoms. The van der Waals surface area contributed by atoms with Crippen molar-refractivity contribution in [3.05, 3.63) is 65.5 Å². The summed E-state index contributed by atoms with van der Waals surface area (Å²) in [4.78, 5) is 5.19. The number of benzene rings is 2. The first-order valence-electron chi connectivity index (χ1n) is 9.76. The second kappa shape index (κ2) is 8.58. The molecule has 4 rings (SSSR count). The van der Waals surface area contributed by atoms with Crippen LogP contribution in [0.15, 0.2) is 53.9 Å². The van der Waals surface area contributed by atoms with Crippen LogP contribution >= 0.6 is 11.6 Å². The van der Waals surface area contributed by atoms with Gasteiger partial charge in [0.1, 0.15) is 18.5 Å². The molecular weight excluding hydrogens is 486 g/mol. The molecule has 0 radical (unpaired) electrons. The highest BCUT2D eigenvalue weighted by atomic mass is 35.5. The Morgan fingerprint density at radius 3 is 2.42 bits per heavy atom. The molecule has 3 aromatic rings. The van der Waals surface area contributed by atoms with Crippen LogP contribution in [0.5, 0.6) is 0 Å². The molecule has 0 bridgehead atoms. The lowest BCUT2D eigenvalue weighted by atomic mass is 10.1. The highest BCUT2D eigenvalue weighted by Crippen LogP contribution is 2.38. The zero-order valence-electron chi connectivity index (χ0n) is 17.2. The first-order chi connectivity index (χ1) is 15.5. The van der Waals surface area contributed by atoms with E-state index in [1.54, 1.807) is 6.92 Å². The smallest absolute Gasteiger partial charge is 0.368 e. The molecule has 0 unspecified atom stereocenters. The second-order valence-corrected chi connectivity index (χ2v) is 9.82. The van der Waals surface area contributed by atoms with Crippen LogP contribution in [0.4, 0.5) is 23.2 Å². The van der Waals surface area contributed by atoms with Crippen molar-refractivity contribution in [3.63, 3.8) is 0 Å². The van der Waals surface area contributed by atoms with Gasteiger partial charge in [-0.3, -0.25) is 0 Å². The molecule has 2 heterocycles. The normalized spacial score (nSPS) is 18.0. The van der Waals surface area contributed by atoms with E-state index in [0.29, 0.717) is 11.8 Å². The third-order valence-electron chi connectivity index (χ3n) is 5.36. The van der Waals surface area contributed by atoms with Crippen LogP contribution in [-0.2, 0) is 16.2 Å². The van der Waals surface area contributed by atoms with Crippen LogP contribution < -0.4 is 4.90 Å². The summed E-state index contributed by atoms with van der Waals surface area (Å²) in [6.45, 7) is 1.55. The van der Waals surface area contributed by atoms with Gasteiger partial charge in [-0.1, -0.05) is 11.6 Å². The van der Waals surface area contributed by atoms with Gasteiger partial charge < -0.3 is 4.90 Å². The van der Waals surface area contributed by atoms with Gasteiger partial charge in [-0.05, 0) is 43.3 Å². The molecule has 0 saturated carbocycles. The van der Waals surface area contributed by atoms with E-state index in [9.17, 15) is 26.0 Å². The van der Waals surface area contributed by atoms with E-state index in [2.05, 4.69) is 10.1 Å².